The second-order valence-corrected chi connectivity index (χ2v) is 7.70. The molecule has 0 aliphatic rings. The van der Waals surface area contributed by atoms with Crippen molar-refractivity contribution in [1.82, 2.24) is 4.72 Å². The summed E-state index contributed by atoms with van der Waals surface area (Å²) in [5.41, 5.74) is -0.566. The lowest BCUT2D eigenvalue weighted by Crippen LogP contribution is -2.48. The molecule has 1 N–H and O–H groups in total. The van der Waals surface area contributed by atoms with Crippen LogP contribution in [0.15, 0.2) is 20.1 Å². The van der Waals surface area contributed by atoms with Crippen LogP contribution in [-0.4, -0.2) is 19.8 Å². The molecule has 0 radical (unpaired) electrons. The van der Waals surface area contributed by atoms with E-state index in [1.807, 2.05) is 13.8 Å². The van der Waals surface area contributed by atoms with Crippen LogP contribution in [-0.2, 0) is 10.0 Å². The summed E-state index contributed by atoms with van der Waals surface area (Å²) in [6.45, 7) is 3.86. The minimum Gasteiger partial charge on any atom is -0.206 e. The zero-order valence-corrected chi connectivity index (χ0v) is 13.6. The molecule has 0 saturated carbocycles. The summed E-state index contributed by atoms with van der Waals surface area (Å²) in [6.07, 6.45) is 1.32. The van der Waals surface area contributed by atoms with Gasteiger partial charge in [0, 0.05) is 15.9 Å². The largest absolute Gasteiger partial charge is 0.251 e. The summed E-state index contributed by atoms with van der Waals surface area (Å²) in [5, 5.41) is 1.74. The van der Waals surface area contributed by atoms with Crippen LogP contribution >= 0.6 is 38.9 Å². The quantitative estimate of drug-likeness (QED) is 0.788. The highest BCUT2D eigenvalue weighted by atomic mass is 79.9. The SMILES string of the molecule is CCC(CC)(CCl)NS(=O)(=O)c1sccc1Br. The summed E-state index contributed by atoms with van der Waals surface area (Å²) in [7, 11) is -3.50. The van der Waals surface area contributed by atoms with Gasteiger partial charge in [-0.3, -0.25) is 0 Å². The Balaban J connectivity index is 3.05. The van der Waals surface area contributed by atoms with E-state index in [0.29, 0.717) is 21.5 Å². The van der Waals surface area contributed by atoms with Crippen LogP contribution in [0.3, 0.4) is 0 Å². The first-order valence-corrected chi connectivity index (χ1v) is 8.92. The van der Waals surface area contributed by atoms with Crippen molar-refractivity contribution >= 4 is 48.9 Å². The van der Waals surface area contributed by atoms with Crippen LogP contribution in [0.2, 0.25) is 0 Å². The van der Waals surface area contributed by atoms with Crippen LogP contribution in [0.4, 0.5) is 0 Å². The van der Waals surface area contributed by atoms with E-state index in [1.165, 1.54) is 11.3 Å². The first-order chi connectivity index (χ1) is 7.90. The molecule has 7 heteroatoms. The highest BCUT2D eigenvalue weighted by molar-refractivity contribution is 9.10. The number of halogens is 2. The third-order valence-electron chi connectivity index (χ3n) is 2.79. The monoisotopic (exact) mass is 359 g/mol. The van der Waals surface area contributed by atoms with Gasteiger partial charge < -0.3 is 0 Å². The van der Waals surface area contributed by atoms with Gasteiger partial charge in [-0.1, -0.05) is 13.8 Å². The molecule has 0 aromatic carbocycles. The Morgan fingerprint density at radius 3 is 2.41 bits per heavy atom. The van der Waals surface area contributed by atoms with Gasteiger partial charge >= 0.3 is 0 Å². The Bertz CT molecular complexity index is 460. The maximum absolute atomic E-state index is 12.2. The third-order valence-corrected chi connectivity index (χ3v) is 7.55. The van der Waals surface area contributed by atoms with Crippen LogP contribution in [0.1, 0.15) is 26.7 Å². The van der Waals surface area contributed by atoms with Crippen molar-refractivity contribution in [3.8, 4) is 0 Å². The Hall–Kier alpha value is 0.380. The van der Waals surface area contributed by atoms with E-state index < -0.39 is 15.6 Å². The summed E-state index contributed by atoms with van der Waals surface area (Å²) in [5.74, 6) is 0.266. The Labute approximate surface area is 120 Å². The maximum atomic E-state index is 12.2. The summed E-state index contributed by atoms with van der Waals surface area (Å²) < 4.78 is 28.0. The van der Waals surface area contributed by atoms with Gasteiger partial charge in [-0.15, -0.1) is 22.9 Å². The molecular weight excluding hydrogens is 346 g/mol. The second kappa shape index (κ2) is 6.02. The Kier molecular flexibility index (Phi) is 5.46. The first-order valence-electron chi connectivity index (χ1n) is 5.23. The van der Waals surface area contributed by atoms with Gasteiger partial charge in [0.05, 0.1) is 0 Å². The van der Waals surface area contributed by atoms with E-state index in [9.17, 15) is 8.42 Å². The molecule has 1 heterocycles. The van der Waals surface area contributed by atoms with Gasteiger partial charge in [0.25, 0.3) is 10.0 Å². The van der Waals surface area contributed by atoms with Crippen LogP contribution in [0, 0.1) is 0 Å². The molecule has 0 spiro atoms. The van der Waals surface area contributed by atoms with Crippen LogP contribution in [0.5, 0.6) is 0 Å². The molecule has 0 aliphatic heterocycles. The lowest BCUT2D eigenvalue weighted by Gasteiger charge is -2.29. The first kappa shape index (κ1) is 15.4. The summed E-state index contributed by atoms with van der Waals surface area (Å²) >= 11 is 10.3. The molecule has 17 heavy (non-hydrogen) atoms. The van der Waals surface area contributed by atoms with Crippen molar-refractivity contribution in [2.45, 2.75) is 36.4 Å². The number of hydrogen-bond donors (Lipinski definition) is 1. The summed E-state index contributed by atoms with van der Waals surface area (Å²) in [4.78, 5) is 0. The molecule has 0 bridgehead atoms. The molecular formula is C10H15BrClNO2S2. The van der Waals surface area contributed by atoms with E-state index in [0.717, 1.165) is 0 Å². The van der Waals surface area contributed by atoms with Crippen molar-refractivity contribution in [3.63, 3.8) is 0 Å². The van der Waals surface area contributed by atoms with Gasteiger partial charge in [-0.05, 0) is 40.2 Å². The Morgan fingerprint density at radius 2 is 2.06 bits per heavy atom. The zero-order chi connectivity index (χ0) is 13.1. The van der Waals surface area contributed by atoms with Crippen LogP contribution < -0.4 is 4.72 Å². The molecule has 0 unspecified atom stereocenters. The average Bonchev–Trinajstić information content (AvgIpc) is 2.73. The number of nitrogens with one attached hydrogen (secondary N) is 1. The van der Waals surface area contributed by atoms with E-state index in [-0.39, 0.29) is 5.88 Å². The molecule has 1 aromatic heterocycles. The van der Waals surface area contributed by atoms with Gasteiger partial charge in [0.1, 0.15) is 4.21 Å². The molecule has 0 aliphatic carbocycles. The molecule has 0 amide bonds. The summed E-state index contributed by atoms with van der Waals surface area (Å²) in [6, 6.07) is 1.72. The molecule has 1 rings (SSSR count). The minimum atomic E-state index is -3.50. The Morgan fingerprint density at radius 1 is 1.47 bits per heavy atom. The maximum Gasteiger partial charge on any atom is 0.251 e. The minimum absolute atomic E-state index is 0.266. The third kappa shape index (κ3) is 3.44. The molecule has 0 atom stereocenters. The number of rotatable bonds is 6. The highest BCUT2D eigenvalue weighted by Gasteiger charge is 2.32. The lowest BCUT2D eigenvalue weighted by molar-refractivity contribution is 0.394. The van der Waals surface area contributed by atoms with E-state index in [1.54, 1.807) is 11.4 Å². The molecule has 98 valence electrons. The fourth-order valence-corrected chi connectivity index (χ4v) is 5.82. The van der Waals surface area contributed by atoms with Crippen molar-refractivity contribution in [1.29, 1.82) is 0 Å². The van der Waals surface area contributed by atoms with E-state index >= 15 is 0 Å². The second-order valence-electron chi connectivity index (χ2n) is 3.78. The number of hydrogen-bond acceptors (Lipinski definition) is 3. The smallest absolute Gasteiger partial charge is 0.206 e. The van der Waals surface area contributed by atoms with E-state index in [2.05, 4.69) is 20.7 Å². The van der Waals surface area contributed by atoms with Crippen molar-refractivity contribution in [2.75, 3.05) is 5.88 Å². The highest BCUT2D eigenvalue weighted by Crippen LogP contribution is 2.29. The van der Waals surface area contributed by atoms with Crippen molar-refractivity contribution < 1.29 is 8.42 Å². The van der Waals surface area contributed by atoms with Gasteiger partial charge in [0.15, 0.2) is 0 Å². The zero-order valence-electron chi connectivity index (χ0n) is 9.66. The van der Waals surface area contributed by atoms with Crippen molar-refractivity contribution in [3.05, 3.63) is 15.9 Å². The van der Waals surface area contributed by atoms with Crippen molar-refractivity contribution in [2.24, 2.45) is 0 Å². The lowest BCUT2D eigenvalue weighted by atomic mass is 9.97. The molecule has 0 fully saturated rings. The van der Waals surface area contributed by atoms with Crippen LogP contribution in [0.25, 0.3) is 0 Å². The topological polar surface area (TPSA) is 46.2 Å². The predicted octanol–water partition coefficient (Wildman–Crippen LogP) is 3.59. The number of thiophene rings is 1. The predicted molar refractivity (Wildman–Crippen MR) is 76.4 cm³/mol. The average molecular weight is 361 g/mol. The van der Waals surface area contributed by atoms with Gasteiger partial charge in [-0.25, -0.2) is 13.1 Å². The van der Waals surface area contributed by atoms with E-state index in [4.69, 9.17) is 11.6 Å². The number of alkyl halides is 1. The molecule has 3 nitrogen and oxygen atoms in total. The fraction of sp³-hybridized carbons (Fsp3) is 0.600. The number of sulfonamides is 1. The fourth-order valence-electron chi connectivity index (χ4n) is 1.41. The normalized spacial score (nSPS) is 12.9. The molecule has 0 saturated heterocycles. The molecule has 1 aromatic rings. The van der Waals surface area contributed by atoms with Gasteiger partial charge in [-0.2, -0.15) is 0 Å². The van der Waals surface area contributed by atoms with Gasteiger partial charge in [0.2, 0.25) is 0 Å². The standard InChI is InChI=1S/C10H15BrClNO2S2/c1-3-10(4-2,7-12)13-17(14,15)9-8(11)5-6-16-9/h5-6,13H,3-4,7H2,1-2H3.